The summed E-state index contributed by atoms with van der Waals surface area (Å²) < 4.78 is 76.3. The van der Waals surface area contributed by atoms with E-state index in [1.165, 1.54) is 24.3 Å². The van der Waals surface area contributed by atoms with Gasteiger partial charge in [0.25, 0.3) is 0 Å². The quantitative estimate of drug-likeness (QED) is 0.194. The van der Waals surface area contributed by atoms with Crippen LogP contribution in [-0.4, -0.2) is 5.78 Å². The van der Waals surface area contributed by atoms with Crippen molar-refractivity contribution in [2.75, 3.05) is 0 Å². The van der Waals surface area contributed by atoms with Gasteiger partial charge in [-0.05, 0) is 59.4 Å². The molecular weight excluding hydrogens is 478 g/mol. The maximum atomic E-state index is 12.8. The molecule has 0 aromatic heterocycles. The van der Waals surface area contributed by atoms with E-state index >= 15 is 0 Å². The molecule has 36 heavy (non-hydrogen) atoms. The molecular formula is C29H20F6O. The fourth-order valence-electron chi connectivity index (χ4n) is 3.81. The maximum absolute atomic E-state index is 12.8. The van der Waals surface area contributed by atoms with Gasteiger partial charge in [-0.25, -0.2) is 0 Å². The van der Waals surface area contributed by atoms with Gasteiger partial charge in [-0.2, -0.15) is 26.3 Å². The van der Waals surface area contributed by atoms with Crippen molar-refractivity contribution in [3.8, 4) is 0 Å². The Hall–Kier alpha value is -3.87. The van der Waals surface area contributed by atoms with Crippen molar-refractivity contribution in [1.82, 2.24) is 0 Å². The Kier molecular flexibility index (Phi) is 7.02. The van der Waals surface area contributed by atoms with Gasteiger partial charge < -0.3 is 0 Å². The van der Waals surface area contributed by atoms with Crippen LogP contribution in [0.3, 0.4) is 0 Å². The predicted molar refractivity (Wildman–Crippen MR) is 125 cm³/mol. The van der Waals surface area contributed by atoms with Gasteiger partial charge in [0.2, 0.25) is 0 Å². The zero-order chi connectivity index (χ0) is 25.9. The van der Waals surface area contributed by atoms with Gasteiger partial charge in [0.05, 0.1) is 11.1 Å². The number of benzene rings is 4. The summed E-state index contributed by atoms with van der Waals surface area (Å²) in [6.07, 6.45) is -7.88. The van der Waals surface area contributed by atoms with E-state index in [0.717, 1.165) is 46.5 Å². The van der Waals surface area contributed by atoms with Gasteiger partial charge >= 0.3 is 12.4 Å². The van der Waals surface area contributed by atoms with E-state index < -0.39 is 23.5 Å². The fraction of sp³-hybridized carbons (Fsp3) is 0.138. The Bertz CT molecular complexity index is 1210. The van der Waals surface area contributed by atoms with Crippen LogP contribution in [0.4, 0.5) is 26.3 Å². The van der Waals surface area contributed by atoms with Crippen LogP contribution in [0.25, 0.3) is 0 Å². The molecule has 0 aliphatic rings. The first-order chi connectivity index (χ1) is 17.0. The molecule has 1 nitrogen and oxygen atoms in total. The van der Waals surface area contributed by atoms with Crippen molar-refractivity contribution in [1.29, 1.82) is 0 Å². The summed E-state index contributed by atoms with van der Waals surface area (Å²) in [5, 5.41) is 0. The lowest BCUT2D eigenvalue weighted by Crippen LogP contribution is -2.05. The lowest BCUT2D eigenvalue weighted by Gasteiger charge is -2.09. The molecule has 0 bridgehead atoms. The van der Waals surface area contributed by atoms with Gasteiger partial charge in [-0.15, -0.1) is 0 Å². The van der Waals surface area contributed by atoms with Gasteiger partial charge in [0.1, 0.15) is 0 Å². The van der Waals surface area contributed by atoms with Gasteiger partial charge in [0, 0.05) is 11.1 Å². The monoisotopic (exact) mass is 498 g/mol. The fourth-order valence-corrected chi connectivity index (χ4v) is 3.81. The molecule has 0 aliphatic heterocycles. The molecule has 0 aliphatic carbocycles. The zero-order valence-corrected chi connectivity index (χ0v) is 18.8. The topological polar surface area (TPSA) is 17.1 Å². The molecule has 0 spiro atoms. The summed E-state index contributed by atoms with van der Waals surface area (Å²) in [6.45, 7) is 0. The molecule has 0 heterocycles. The number of carbonyl (C=O) groups excluding carboxylic acids is 1. The lowest BCUT2D eigenvalue weighted by atomic mass is 9.97. The van der Waals surface area contributed by atoms with Crippen molar-refractivity contribution in [2.45, 2.75) is 25.2 Å². The van der Waals surface area contributed by atoms with Crippen molar-refractivity contribution in [3.05, 3.63) is 142 Å². The number of alkyl halides is 6. The average molecular weight is 498 g/mol. The number of hydrogen-bond acceptors (Lipinski definition) is 1. The predicted octanol–water partition coefficient (Wildman–Crippen LogP) is 8.14. The number of ketones is 1. The van der Waals surface area contributed by atoms with E-state index in [0.29, 0.717) is 24.0 Å². The second-order valence-electron chi connectivity index (χ2n) is 8.47. The van der Waals surface area contributed by atoms with Crippen molar-refractivity contribution in [2.24, 2.45) is 0 Å². The molecule has 0 N–H and O–H groups in total. The molecule has 0 fully saturated rings. The first-order valence-electron chi connectivity index (χ1n) is 11.0. The summed E-state index contributed by atoms with van der Waals surface area (Å²) in [5.74, 6) is -0.183. The van der Waals surface area contributed by atoms with E-state index in [1.807, 2.05) is 0 Å². The largest absolute Gasteiger partial charge is 0.416 e. The minimum atomic E-state index is -4.37. The Morgan fingerprint density at radius 3 is 0.944 bits per heavy atom. The van der Waals surface area contributed by atoms with Crippen LogP contribution < -0.4 is 0 Å². The molecule has 4 rings (SSSR count). The number of halogens is 6. The molecule has 7 heteroatoms. The third-order valence-electron chi connectivity index (χ3n) is 5.81. The van der Waals surface area contributed by atoms with Crippen LogP contribution in [0.15, 0.2) is 97.1 Å². The Labute approximate surface area is 204 Å². The minimum absolute atomic E-state index is 0.183. The van der Waals surface area contributed by atoms with Crippen LogP contribution in [0, 0.1) is 0 Å². The molecule has 0 amide bonds. The number of rotatable bonds is 6. The molecule has 0 atom stereocenters. The second kappa shape index (κ2) is 10.0. The zero-order valence-electron chi connectivity index (χ0n) is 18.8. The van der Waals surface area contributed by atoms with E-state index in [2.05, 4.69) is 0 Å². The van der Waals surface area contributed by atoms with Crippen molar-refractivity contribution in [3.63, 3.8) is 0 Å². The Morgan fingerprint density at radius 1 is 0.444 bits per heavy atom. The van der Waals surface area contributed by atoms with Crippen LogP contribution in [0.1, 0.15) is 49.3 Å². The summed E-state index contributed by atoms with van der Waals surface area (Å²) in [6, 6.07) is 23.7. The highest BCUT2D eigenvalue weighted by atomic mass is 19.4. The van der Waals surface area contributed by atoms with E-state index in [-0.39, 0.29) is 5.78 Å². The number of carbonyl (C=O) groups is 1. The molecule has 0 saturated carbocycles. The van der Waals surface area contributed by atoms with Crippen LogP contribution in [0.5, 0.6) is 0 Å². The molecule has 0 unspecified atom stereocenters. The van der Waals surface area contributed by atoms with Gasteiger partial charge in [-0.1, -0.05) is 72.8 Å². The van der Waals surface area contributed by atoms with E-state index in [4.69, 9.17) is 0 Å². The summed E-state index contributed by atoms with van der Waals surface area (Å²) in [7, 11) is 0. The van der Waals surface area contributed by atoms with E-state index in [9.17, 15) is 31.1 Å². The highest BCUT2D eigenvalue weighted by molar-refractivity contribution is 6.09. The van der Waals surface area contributed by atoms with Gasteiger partial charge in [0.15, 0.2) is 5.78 Å². The molecule has 0 radical (unpaired) electrons. The average Bonchev–Trinajstić information content (AvgIpc) is 2.84. The maximum Gasteiger partial charge on any atom is 0.416 e. The summed E-state index contributed by atoms with van der Waals surface area (Å²) in [4.78, 5) is 12.8. The normalized spacial score (nSPS) is 11.9. The first-order valence-corrected chi connectivity index (χ1v) is 11.0. The van der Waals surface area contributed by atoms with Crippen molar-refractivity contribution < 1.29 is 31.1 Å². The third-order valence-corrected chi connectivity index (χ3v) is 5.81. The standard InChI is InChI=1S/C29H20F6O/c30-28(31,32)25-13-5-21(6-14-25)17-19-1-9-23(10-2-19)27(36)24-11-3-20(4-12-24)18-22-7-15-26(16-8-22)29(33,34)35/h1-16H,17-18H2. The Morgan fingerprint density at radius 2 is 0.694 bits per heavy atom. The van der Waals surface area contributed by atoms with Gasteiger partial charge in [-0.3, -0.25) is 4.79 Å². The third kappa shape index (κ3) is 6.22. The van der Waals surface area contributed by atoms with E-state index in [1.54, 1.807) is 48.5 Å². The highest BCUT2D eigenvalue weighted by Crippen LogP contribution is 2.30. The number of hydrogen-bond donors (Lipinski definition) is 0. The van der Waals surface area contributed by atoms with Crippen LogP contribution >= 0.6 is 0 Å². The molecule has 184 valence electrons. The summed E-state index contributed by atoms with van der Waals surface area (Å²) in [5.41, 5.74) is 2.73. The van der Waals surface area contributed by atoms with Crippen molar-refractivity contribution >= 4 is 5.78 Å². The van der Waals surface area contributed by atoms with Crippen LogP contribution in [0.2, 0.25) is 0 Å². The lowest BCUT2D eigenvalue weighted by molar-refractivity contribution is -0.138. The molecule has 4 aromatic rings. The Balaban J connectivity index is 1.38. The molecule has 0 saturated heterocycles. The SMILES string of the molecule is O=C(c1ccc(Cc2ccc(C(F)(F)F)cc2)cc1)c1ccc(Cc2ccc(C(F)(F)F)cc2)cc1. The van der Waals surface area contributed by atoms with Crippen LogP contribution in [-0.2, 0) is 25.2 Å². The first kappa shape index (κ1) is 25.2. The highest BCUT2D eigenvalue weighted by Gasteiger charge is 2.30. The minimum Gasteiger partial charge on any atom is -0.289 e. The summed E-state index contributed by atoms with van der Waals surface area (Å²) >= 11 is 0. The second-order valence-corrected chi connectivity index (χ2v) is 8.47. The molecule has 4 aromatic carbocycles. The smallest absolute Gasteiger partial charge is 0.289 e.